The molecule has 1 saturated heterocycles. The Morgan fingerprint density at radius 2 is 2.07 bits per heavy atom. The molecule has 28 heavy (non-hydrogen) atoms. The van der Waals surface area contributed by atoms with Crippen LogP contribution in [0, 0.1) is 17.8 Å². The smallest absolute Gasteiger partial charge is 0.258 e. The number of anilines is 1. The van der Waals surface area contributed by atoms with Gasteiger partial charge in [0.1, 0.15) is 5.56 Å². The molecule has 0 spiro atoms. The Kier molecular flexibility index (Phi) is 4.43. The molecule has 2 unspecified atom stereocenters. The van der Waals surface area contributed by atoms with Gasteiger partial charge in [-0.05, 0) is 56.8 Å². The molecular weight excluding hydrogens is 360 g/mol. The third-order valence-corrected chi connectivity index (χ3v) is 6.79. The number of rotatable bonds is 6. The summed E-state index contributed by atoms with van der Waals surface area (Å²) >= 11 is 0. The lowest BCUT2D eigenvalue weighted by atomic mass is 9.52. The van der Waals surface area contributed by atoms with Crippen LogP contribution in [0.3, 0.4) is 0 Å². The van der Waals surface area contributed by atoms with Gasteiger partial charge in [0.05, 0.1) is 31.5 Å². The Morgan fingerprint density at radius 1 is 1.32 bits per heavy atom. The van der Waals surface area contributed by atoms with E-state index in [-0.39, 0.29) is 18.0 Å². The summed E-state index contributed by atoms with van der Waals surface area (Å²) in [5.41, 5.74) is -0.139. The van der Waals surface area contributed by atoms with Gasteiger partial charge in [0.2, 0.25) is 11.8 Å². The summed E-state index contributed by atoms with van der Waals surface area (Å²) in [6, 6.07) is 0.316. The van der Waals surface area contributed by atoms with Crippen LogP contribution in [0.5, 0.6) is 5.88 Å². The quantitative estimate of drug-likeness (QED) is 0.676. The number of aromatic nitrogens is 2. The van der Waals surface area contributed by atoms with E-state index in [2.05, 4.69) is 20.6 Å². The molecule has 4 aliphatic carbocycles. The fourth-order valence-corrected chi connectivity index (χ4v) is 5.79. The number of carbonyl (C=O) groups is 1. The van der Waals surface area contributed by atoms with Gasteiger partial charge in [0.25, 0.3) is 5.91 Å². The van der Waals surface area contributed by atoms with E-state index < -0.39 is 5.60 Å². The van der Waals surface area contributed by atoms with Crippen LogP contribution in [0.2, 0.25) is 0 Å². The minimum atomic E-state index is -0.504. The lowest BCUT2D eigenvalue weighted by molar-refractivity contribution is -0.136. The molecule has 2 heterocycles. The van der Waals surface area contributed by atoms with Gasteiger partial charge in [0.15, 0.2) is 0 Å². The number of nitrogens with zero attached hydrogens (tertiary/aromatic N) is 2. The molecule has 8 heteroatoms. The van der Waals surface area contributed by atoms with E-state index in [1.165, 1.54) is 0 Å². The molecule has 1 aliphatic heterocycles. The van der Waals surface area contributed by atoms with Crippen molar-refractivity contribution in [3.8, 4) is 5.88 Å². The zero-order valence-corrected chi connectivity index (χ0v) is 16.2. The highest BCUT2D eigenvalue weighted by Crippen LogP contribution is 2.55. The molecule has 0 radical (unpaired) electrons. The molecule has 1 aromatic rings. The van der Waals surface area contributed by atoms with Crippen LogP contribution < -0.4 is 15.4 Å². The van der Waals surface area contributed by atoms with Gasteiger partial charge >= 0.3 is 0 Å². The number of amides is 1. The number of carbonyl (C=O) groups excluding carboxylic acids is 1. The van der Waals surface area contributed by atoms with Gasteiger partial charge in [-0.2, -0.15) is 4.98 Å². The van der Waals surface area contributed by atoms with Crippen molar-refractivity contribution in [1.29, 1.82) is 0 Å². The zero-order chi connectivity index (χ0) is 19.3. The van der Waals surface area contributed by atoms with Gasteiger partial charge in [-0.15, -0.1) is 0 Å². The minimum absolute atomic E-state index is 0.115. The summed E-state index contributed by atoms with van der Waals surface area (Å²) in [6.45, 7) is 3.56. The number of nitrogens with one attached hydrogen (secondary N) is 2. The average Bonchev–Trinajstić information content (AvgIpc) is 2.60. The van der Waals surface area contributed by atoms with Crippen molar-refractivity contribution in [3.05, 3.63) is 11.8 Å². The topological polar surface area (TPSA) is 106 Å². The molecular formula is C20H28N4O4. The second kappa shape index (κ2) is 6.84. The van der Waals surface area contributed by atoms with Crippen molar-refractivity contribution in [3.63, 3.8) is 0 Å². The van der Waals surface area contributed by atoms with Gasteiger partial charge in [0, 0.05) is 12.2 Å². The van der Waals surface area contributed by atoms with Gasteiger partial charge in [-0.1, -0.05) is 0 Å². The molecule has 152 valence electrons. The van der Waals surface area contributed by atoms with E-state index in [9.17, 15) is 9.90 Å². The fraction of sp³-hybridized carbons (Fsp3) is 0.750. The molecule has 3 N–H and O–H groups in total. The van der Waals surface area contributed by atoms with Crippen LogP contribution >= 0.6 is 0 Å². The van der Waals surface area contributed by atoms with Crippen LogP contribution in [-0.2, 0) is 4.74 Å². The predicted molar refractivity (Wildman–Crippen MR) is 101 cm³/mol. The van der Waals surface area contributed by atoms with E-state index in [1.807, 2.05) is 6.92 Å². The Morgan fingerprint density at radius 3 is 2.68 bits per heavy atom. The molecule has 4 saturated carbocycles. The first-order valence-corrected chi connectivity index (χ1v) is 10.4. The van der Waals surface area contributed by atoms with Crippen LogP contribution in [0.1, 0.15) is 49.4 Å². The van der Waals surface area contributed by atoms with E-state index in [4.69, 9.17) is 9.47 Å². The summed E-state index contributed by atoms with van der Waals surface area (Å²) in [4.78, 5) is 21.7. The molecule has 1 aromatic heterocycles. The molecule has 0 aromatic carbocycles. The first-order chi connectivity index (χ1) is 13.5. The van der Waals surface area contributed by atoms with E-state index in [1.54, 1.807) is 6.20 Å². The molecule has 5 fully saturated rings. The monoisotopic (exact) mass is 388 g/mol. The molecule has 8 nitrogen and oxygen atoms in total. The summed E-state index contributed by atoms with van der Waals surface area (Å²) in [7, 11) is 0. The Labute approximate surface area is 164 Å². The third kappa shape index (κ3) is 3.22. The molecule has 2 atom stereocenters. The maximum atomic E-state index is 13.0. The molecule has 1 amide bonds. The average molecular weight is 388 g/mol. The Bertz CT molecular complexity index is 753. The summed E-state index contributed by atoms with van der Waals surface area (Å²) in [5, 5.41) is 17.2. The van der Waals surface area contributed by atoms with E-state index in [0.29, 0.717) is 55.0 Å². The van der Waals surface area contributed by atoms with Crippen molar-refractivity contribution in [2.75, 3.05) is 25.1 Å². The standard InChI is InChI=1S/C20H28N4O4/c1-2-28-18-15(8-21-19(24-18)22-14-9-27-10-14)17(25)23-16-12-3-11-4-13(16)7-20(26,5-11)6-12/h8,11-14,16,26H,2-7,9-10H2,1H3,(H,23,25)(H,21,22,24)/t11?,12?,13?,16-,20+. The highest BCUT2D eigenvalue weighted by Gasteiger charge is 2.55. The van der Waals surface area contributed by atoms with Crippen molar-refractivity contribution < 1.29 is 19.4 Å². The second-order valence-electron chi connectivity index (χ2n) is 8.92. The van der Waals surface area contributed by atoms with E-state index >= 15 is 0 Å². The Balaban J connectivity index is 1.32. The molecule has 6 rings (SSSR count). The first-order valence-electron chi connectivity index (χ1n) is 10.4. The first kappa shape index (κ1) is 18.1. The highest BCUT2D eigenvalue weighted by atomic mass is 16.5. The number of hydrogen-bond donors (Lipinski definition) is 3. The minimum Gasteiger partial charge on any atom is -0.477 e. The Hall–Kier alpha value is -1.93. The van der Waals surface area contributed by atoms with Crippen LogP contribution in [0.4, 0.5) is 5.95 Å². The normalized spacial score (nSPS) is 36.1. The third-order valence-electron chi connectivity index (χ3n) is 6.79. The number of ether oxygens (including phenoxy) is 2. The maximum absolute atomic E-state index is 13.0. The maximum Gasteiger partial charge on any atom is 0.258 e. The molecule has 5 aliphatic rings. The fourth-order valence-electron chi connectivity index (χ4n) is 5.79. The molecule has 4 bridgehead atoms. The van der Waals surface area contributed by atoms with Crippen LogP contribution in [0.25, 0.3) is 0 Å². The van der Waals surface area contributed by atoms with E-state index in [0.717, 1.165) is 32.1 Å². The summed E-state index contributed by atoms with van der Waals surface area (Å²) in [5.74, 6) is 1.89. The second-order valence-corrected chi connectivity index (χ2v) is 8.92. The van der Waals surface area contributed by atoms with Crippen molar-refractivity contribution >= 4 is 11.9 Å². The van der Waals surface area contributed by atoms with Crippen molar-refractivity contribution in [1.82, 2.24) is 15.3 Å². The van der Waals surface area contributed by atoms with Crippen molar-refractivity contribution in [2.45, 2.75) is 56.7 Å². The number of aliphatic hydroxyl groups is 1. The van der Waals surface area contributed by atoms with Crippen LogP contribution in [-0.4, -0.2) is 58.5 Å². The zero-order valence-electron chi connectivity index (χ0n) is 16.2. The lowest BCUT2D eigenvalue weighted by Gasteiger charge is -2.58. The summed E-state index contributed by atoms with van der Waals surface area (Å²) < 4.78 is 10.8. The van der Waals surface area contributed by atoms with Crippen molar-refractivity contribution in [2.24, 2.45) is 17.8 Å². The summed E-state index contributed by atoms with van der Waals surface area (Å²) in [6.07, 6.45) is 6.27. The van der Waals surface area contributed by atoms with Gasteiger partial charge in [-0.25, -0.2) is 4.98 Å². The van der Waals surface area contributed by atoms with Gasteiger partial charge < -0.3 is 25.2 Å². The predicted octanol–water partition coefficient (Wildman–Crippen LogP) is 1.36. The van der Waals surface area contributed by atoms with Gasteiger partial charge in [-0.3, -0.25) is 4.79 Å². The lowest BCUT2D eigenvalue weighted by Crippen LogP contribution is -2.61. The largest absolute Gasteiger partial charge is 0.477 e. The number of hydrogen-bond acceptors (Lipinski definition) is 7. The SMILES string of the molecule is CCOc1nc(NC2COC2)ncc1C(=O)N[C@H]1C2CC3CC1C[C@@](O)(C3)C2. The highest BCUT2D eigenvalue weighted by molar-refractivity contribution is 5.96. The van der Waals surface area contributed by atoms with Crippen LogP contribution in [0.15, 0.2) is 6.20 Å².